The minimum absolute atomic E-state index is 0.0300. The summed E-state index contributed by atoms with van der Waals surface area (Å²) in [6.45, 7) is 9.38. The van der Waals surface area contributed by atoms with Crippen LogP contribution >= 0.6 is 0 Å². The third kappa shape index (κ3) is 3.96. The van der Waals surface area contributed by atoms with Crippen molar-refractivity contribution < 1.29 is 4.79 Å². The normalized spacial score (nSPS) is 15.2. The van der Waals surface area contributed by atoms with Crippen LogP contribution in [-0.4, -0.2) is 64.9 Å². The monoisotopic (exact) mass is 339 g/mol. The summed E-state index contributed by atoms with van der Waals surface area (Å²) in [5.41, 5.74) is 1.48. The van der Waals surface area contributed by atoms with Gasteiger partial charge in [-0.05, 0) is 25.6 Å². The lowest BCUT2D eigenvalue weighted by Gasteiger charge is -2.33. The molecule has 0 saturated carbocycles. The molecule has 1 saturated heterocycles. The van der Waals surface area contributed by atoms with Crippen LogP contribution in [0.5, 0.6) is 0 Å². The maximum absolute atomic E-state index is 12.6. The Morgan fingerprint density at radius 3 is 2.32 bits per heavy atom. The zero-order chi connectivity index (χ0) is 17.6. The van der Waals surface area contributed by atoms with Crippen molar-refractivity contribution in [2.75, 3.05) is 44.2 Å². The number of amides is 1. The SMILES string of the molecule is CCN1CCN(C(=O)c2cnc(N(CC)c3ccccc3)cn2)CC1. The number of hydrogen-bond acceptors (Lipinski definition) is 5. The van der Waals surface area contributed by atoms with E-state index in [4.69, 9.17) is 0 Å². The fourth-order valence-electron chi connectivity index (χ4n) is 3.09. The number of nitrogens with zero attached hydrogens (tertiary/aromatic N) is 5. The molecule has 132 valence electrons. The molecule has 0 spiro atoms. The number of piperazine rings is 1. The molecule has 1 aliphatic heterocycles. The lowest BCUT2D eigenvalue weighted by molar-refractivity contribution is 0.0637. The summed E-state index contributed by atoms with van der Waals surface area (Å²) in [4.78, 5) is 27.7. The smallest absolute Gasteiger partial charge is 0.274 e. The van der Waals surface area contributed by atoms with Crippen LogP contribution in [0.2, 0.25) is 0 Å². The molecule has 3 rings (SSSR count). The Morgan fingerprint density at radius 2 is 1.76 bits per heavy atom. The summed E-state index contributed by atoms with van der Waals surface area (Å²) < 4.78 is 0. The highest BCUT2D eigenvalue weighted by molar-refractivity contribution is 5.92. The molecule has 1 aromatic heterocycles. The Balaban J connectivity index is 1.70. The predicted octanol–water partition coefficient (Wildman–Crippen LogP) is 2.41. The van der Waals surface area contributed by atoms with Crippen LogP contribution in [0.25, 0.3) is 0 Å². The van der Waals surface area contributed by atoms with Gasteiger partial charge in [-0.1, -0.05) is 25.1 Å². The van der Waals surface area contributed by atoms with E-state index in [0.717, 1.165) is 50.8 Å². The van der Waals surface area contributed by atoms with Gasteiger partial charge in [0.2, 0.25) is 0 Å². The fraction of sp³-hybridized carbons (Fsp3) is 0.421. The van der Waals surface area contributed by atoms with Gasteiger partial charge in [-0.15, -0.1) is 0 Å². The molecule has 2 aromatic rings. The molecule has 0 radical (unpaired) electrons. The second-order valence-electron chi connectivity index (χ2n) is 6.07. The van der Waals surface area contributed by atoms with Gasteiger partial charge in [0, 0.05) is 38.4 Å². The first-order valence-electron chi connectivity index (χ1n) is 8.89. The van der Waals surface area contributed by atoms with Gasteiger partial charge < -0.3 is 14.7 Å². The number of carbonyl (C=O) groups is 1. The Labute approximate surface area is 149 Å². The van der Waals surface area contributed by atoms with Gasteiger partial charge in [0.1, 0.15) is 5.69 Å². The topological polar surface area (TPSA) is 52.6 Å². The minimum Gasteiger partial charge on any atom is -0.335 e. The highest BCUT2D eigenvalue weighted by atomic mass is 16.2. The van der Waals surface area contributed by atoms with Crippen LogP contribution in [-0.2, 0) is 0 Å². The molecule has 6 nitrogen and oxygen atoms in total. The molecule has 0 atom stereocenters. The van der Waals surface area contributed by atoms with Crippen molar-refractivity contribution in [3.8, 4) is 0 Å². The lowest BCUT2D eigenvalue weighted by Crippen LogP contribution is -2.48. The zero-order valence-corrected chi connectivity index (χ0v) is 14.9. The van der Waals surface area contributed by atoms with Gasteiger partial charge >= 0.3 is 0 Å². The second kappa shape index (κ2) is 8.07. The van der Waals surface area contributed by atoms with Crippen molar-refractivity contribution in [3.05, 3.63) is 48.4 Å². The van der Waals surface area contributed by atoms with E-state index in [2.05, 4.69) is 33.6 Å². The molecule has 1 aromatic carbocycles. The van der Waals surface area contributed by atoms with Crippen molar-refractivity contribution in [1.29, 1.82) is 0 Å². The van der Waals surface area contributed by atoms with Gasteiger partial charge in [-0.25, -0.2) is 9.97 Å². The maximum Gasteiger partial charge on any atom is 0.274 e. The molecule has 0 N–H and O–H groups in total. The molecule has 1 amide bonds. The van der Waals surface area contributed by atoms with E-state index < -0.39 is 0 Å². The zero-order valence-electron chi connectivity index (χ0n) is 14.9. The Kier molecular flexibility index (Phi) is 5.60. The molecule has 0 bridgehead atoms. The summed E-state index contributed by atoms with van der Waals surface area (Å²) in [7, 11) is 0. The van der Waals surface area contributed by atoms with Crippen LogP contribution in [0.4, 0.5) is 11.5 Å². The Bertz CT molecular complexity index is 681. The first-order chi connectivity index (χ1) is 12.2. The highest BCUT2D eigenvalue weighted by Crippen LogP contribution is 2.22. The van der Waals surface area contributed by atoms with Gasteiger partial charge in [0.25, 0.3) is 5.91 Å². The van der Waals surface area contributed by atoms with E-state index in [9.17, 15) is 4.79 Å². The number of rotatable bonds is 5. The van der Waals surface area contributed by atoms with Crippen molar-refractivity contribution >= 4 is 17.4 Å². The van der Waals surface area contributed by atoms with Crippen LogP contribution < -0.4 is 4.90 Å². The van der Waals surface area contributed by atoms with E-state index in [1.54, 1.807) is 12.4 Å². The van der Waals surface area contributed by atoms with Crippen molar-refractivity contribution in [2.45, 2.75) is 13.8 Å². The number of anilines is 2. The number of aromatic nitrogens is 2. The van der Waals surface area contributed by atoms with E-state index in [1.807, 2.05) is 35.2 Å². The van der Waals surface area contributed by atoms with Gasteiger partial charge in [-0.3, -0.25) is 4.79 Å². The van der Waals surface area contributed by atoms with E-state index in [-0.39, 0.29) is 5.91 Å². The molecule has 1 aliphatic rings. The molecule has 2 heterocycles. The average Bonchev–Trinajstić information content (AvgIpc) is 2.69. The summed E-state index contributed by atoms with van der Waals surface area (Å²) in [5, 5.41) is 0. The molecule has 25 heavy (non-hydrogen) atoms. The molecule has 0 aliphatic carbocycles. The van der Waals surface area contributed by atoms with Crippen LogP contribution in [0.15, 0.2) is 42.7 Å². The highest BCUT2D eigenvalue weighted by Gasteiger charge is 2.22. The number of carbonyl (C=O) groups excluding carboxylic acids is 1. The van der Waals surface area contributed by atoms with Crippen molar-refractivity contribution in [3.63, 3.8) is 0 Å². The molecule has 0 unspecified atom stereocenters. The quantitative estimate of drug-likeness (QED) is 0.837. The average molecular weight is 339 g/mol. The minimum atomic E-state index is -0.0300. The lowest BCUT2D eigenvalue weighted by atomic mass is 10.2. The van der Waals surface area contributed by atoms with Gasteiger partial charge in [0.05, 0.1) is 12.4 Å². The standard InChI is InChI=1S/C19H25N5O/c1-3-22-10-12-23(13-11-22)19(25)17-14-21-18(15-20-17)24(4-2)16-8-6-5-7-9-16/h5-9,14-15H,3-4,10-13H2,1-2H3. The van der Waals surface area contributed by atoms with Gasteiger partial charge in [0.15, 0.2) is 5.82 Å². The number of hydrogen-bond donors (Lipinski definition) is 0. The fourth-order valence-corrected chi connectivity index (χ4v) is 3.09. The molecular formula is C19H25N5O. The number of para-hydroxylation sites is 1. The molecule has 1 fully saturated rings. The predicted molar refractivity (Wildman–Crippen MR) is 99.2 cm³/mol. The van der Waals surface area contributed by atoms with E-state index in [1.165, 1.54) is 0 Å². The first-order valence-corrected chi connectivity index (χ1v) is 8.89. The summed E-state index contributed by atoms with van der Waals surface area (Å²) in [5.74, 6) is 0.721. The molecular weight excluding hydrogens is 314 g/mol. The Morgan fingerprint density at radius 1 is 1.04 bits per heavy atom. The molecule has 6 heteroatoms. The first kappa shape index (κ1) is 17.4. The number of benzene rings is 1. The summed E-state index contributed by atoms with van der Waals surface area (Å²) in [6.07, 6.45) is 3.28. The second-order valence-corrected chi connectivity index (χ2v) is 6.07. The third-order valence-electron chi connectivity index (χ3n) is 4.62. The van der Waals surface area contributed by atoms with E-state index >= 15 is 0 Å². The summed E-state index contributed by atoms with van der Waals surface area (Å²) >= 11 is 0. The van der Waals surface area contributed by atoms with E-state index in [0.29, 0.717) is 5.69 Å². The van der Waals surface area contributed by atoms with Crippen LogP contribution in [0.3, 0.4) is 0 Å². The van der Waals surface area contributed by atoms with Crippen LogP contribution in [0.1, 0.15) is 24.3 Å². The van der Waals surface area contributed by atoms with Gasteiger partial charge in [-0.2, -0.15) is 0 Å². The Hall–Kier alpha value is -2.47. The third-order valence-corrected chi connectivity index (χ3v) is 4.62. The van der Waals surface area contributed by atoms with Crippen molar-refractivity contribution in [1.82, 2.24) is 19.8 Å². The maximum atomic E-state index is 12.6. The largest absolute Gasteiger partial charge is 0.335 e. The van der Waals surface area contributed by atoms with Crippen LogP contribution in [0, 0.1) is 0 Å². The van der Waals surface area contributed by atoms with Crippen molar-refractivity contribution in [2.24, 2.45) is 0 Å². The number of likely N-dealkylation sites (N-methyl/N-ethyl adjacent to an activating group) is 1. The summed E-state index contributed by atoms with van der Waals surface area (Å²) in [6, 6.07) is 10.1.